The Morgan fingerprint density at radius 3 is 2.78 bits per heavy atom. The number of fused-ring (bicyclic) bond motifs is 6. The maximum Gasteiger partial charge on any atom is 0.387 e. The number of anilines is 2. The van der Waals surface area contributed by atoms with Crippen LogP contribution in [0.4, 0.5) is 16.2 Å². The maximum atomic E-state index is 15.8. The zero-order chi connectivity index (χ0) is 29.1. The van der Waals surface area contributed by atoms with Crippen molar-refractivity contribution in [1.29, 1.82) is 0 Å². The van der Waals surface area contributed by atoms with Gasteiger partial charge in [-0.3, -0.25) is 23.4 Å². The number of ether oxygens (including phenoxy) is 1. The fraction of sp³-hybridized carbons (Fsp3) is 0.444. The Labute approximate surface area is 238 Å². The smallest absolute Gasteiger partial charge is 0.382 e. The van der Waals surface area contributed by atoms with Gasteiger partial charge in [0.05, 0.1) is 19.5 Å². The zero-order valence-electron chi connectivity index (χ0n) is 20.5. The third kappa shape index (κ3) is 5.50. The number of imidazole rings is 2. The van der Waals surface area contributed by atoms with Gasteiger partial charge in [0.1, 0.15) is 36.5 Å². The molecule has 4 aromatic rings. The molecule has 0 aliphatic carbocycles. The van der Waals surface area contributed by atoms with Crippen LogP contribution in [-0.4, -0.2) is 75.5 Å². The highest BCUT2D eigenvalue weighted by Crippen LogP contribution is 2.58. The Morgan fingerprint density at radius 2 is 1.98 bits per heavy atom. The summed E-state index contributed by atoms with van der Waals surface area (Å²) >= 11 is 9.11. The molecule has 0 aromatic carbocycles. The van der Waals surface area contributed by atoms with Gasteiger partial charge in [-0.2, -0.15) is 4.98 Å². The van der Waals surface area contributed by atoms with Gasteiger partial charge in [-0.1, -0.05) is 12.2 Å². The van der Waals surface area contributed by atoms with Gasteiger partial charge in [0, 0.05) is 6.54 Å². The van der Waals surface area contributed by atoms with Crippen molar-refractivity contribution in [2.24, 2.45) is 0 Å². The summed E-state index contributed by atoms with van der Waals surface area (Å²) in [7, 11) is 0. The van der Waals surface area contributed by atoms with Crippen LogP contribution in [0.2, 0.25) is 0 Å². The van der Waals surface area contributed by atoms with E-state index >= 15 is 4.39 Å². The average Bonchev–Trinajstić information content (AvgIpc) is 3.56. The Morgan fingerprint density at radius 1 is 1.17 bits per heavy atom. The second-order valence-corrected chi connectivity index (χ2v) is 14.5. The van der Waals surface area contributed by atoms with Crippen LogP contribution in [0.1, 0.15) is 12.1 Å². The summed E-state index contributed by atoms with van der Waals surface area (Å²) in [4.78, 5) is 45.8. The first-order valence-electron chi connectivity index (χ1n) is 11.7. The fourth-order valence-electron chi connectivity index (χ4n) is 4.42. The van der Waals surface area contributed by atoms with Gasteiger partial charge in [0.25, 0.3) is 5.56 Å². The summed E-state index contributed by atoms with van der Waals surface area (Å²) in [5.41, 5.74) is 11.3. The van der Waals surface area contributed by atoms with Gasteiger partial charge in [0.2, 0.25) is 5.95 Å². The van der Waals surface area contributed by atoms with Crippen molar-refractivity contribution in [3.63, 3.8) is 0 Å². The number of hydrogen-bond acceptors (Lipinski definition) is 15. The van der Waals surface area contributed by atoms with Gasteiger partial charge in [0.15, 0.2) is 35.0 Å². The van der Waals surface area contributed by atoms with Crippen LogP contribution in [0.3, 0.4) is 0 Å². The lowest BCUT2D eigenvalue weighted by Gasteiger charge is -2.24. The minimum Gasteiger partial charge on any atom is -0.382 e. The SMILES string of the molecule is Nc1nc2c(nc3n2CCOP(O)(=S)OC[C@H]2OC(n4cnc5c(N)ncnc54)[C@H](OP(=O)(S)OC3)[C@@H]2F)c(=O)[nH]1. The van der Waals surface area contributed by atoms with Crippen molar-refractivity contribution in [2.75, 3.05) is 24.7 Å². The quantitative estimate of drug-likeness (QED) is 0.140. The van der Waals surface area contributed by atoms with Crippen LogP contribution >= 0.6 is 25.8 Å². The Kier molecular flexibility index (Phi) is 7.38. The van der Waals surface area contributed by atoms with Gasteiger partial charge in [-0.05, 0) is 11.8 Å². The molecule has 6 rings (SSSR count). The molecule has 220 valence electrons. The Balaban J connectivity index is 1.38. The van der Waals surface area contributed by atoms with Crippen LogP contribution in [-0.2, 0) is 52.4 Å². The number of H-pyrrole nitrogens is 1. The molecule has 0 saturated carbocycles. The number of thiol groups is 1. The molecule has 23 heteroatoms. The molecule has 6 N–H and O–H groups in total. The summed E-state index contributed by atoms with van der Waals surface area (Å²) in [6, 6.07) is 0. The highest BCUT2D eigenvalue weighted by molar-refractivity contribution is 8.44. The third-order valence-electron chi connectivity index (χ3n) is 6.21. The van der Waals surface area contributed by atoms with E-state index in [9.17, 15) is 14.3 Å². The van der Waals surface area contributed by atoms with Crippen LogP contribution in [0.15, 0.2) is 17.4 Å². The highest BCUT2D eigenvalue weighted by atomic mass is 32.7. The summed E-state index contributed by atoms with van der Waals surface area (Å²) < 4.78 is 59.5. The summed E-state index contributed by atoms with van der Waals surface area (Å²) in [6.45, 7) is -9.63. The van der Waals surface area contributed by atoms with E-state index in [2.05, 4.69) is 42.2 Å². The zero-order valence-corrected chi connectivity index (χ0v) is 24.0. The second kappa shape index (κ2) is 10.6. The molecule has 0 spiro atoms. The highest BCUT2D eigenvalue weighted by Gasteiger charge is 2.51. The number of nitrogens with zero attached hydrogens (tertiary/aromatic N) is 7. The van der Waals surface area contributed by atoms with E-state index in [1.54, 1.807) is 0 Å². The van der Waals surface area contributed by atoms with Gasteiger partial charge in [-0.25, -0.2) is 28.9 Å². The van der Waals surface area contributed by atoms with E-state index in [-0.39, 0.29) is 53.1 Å². The average molecular weight is 651 g/mol. The van der Waals surface area contributed by atoms with E-state index in [1.807, 2.05) is 0 Å². The molecule has 6 heterocycles. The van der Waals surface area contributed by atoms with E-state index in [1.165, 1.54) is 21.8 Å². The number of rotatable bonds is 1. The minimum absolute atomic E-state index is 0.0498. The molecule has 41 heavy (non-hydrogen) atoms. The number of aromatic amines is 1. The van der Waals surface area contributed by atoms with E-state index in [0.29, 0.717) is 0 Å². The molecule has 2 bridgehead atoms. The second-order valence-electron chi connectivity index (χ2n) is 8.81. The predicted octanol–water partition coefficient (Wildman–Crippen LogP) is 0.563. The lowest BCUT2D eigenvalue weighted by molar-refractivity contribution is -0.0453. The fourth-order valence-corrected chi connectivity index (χ4v) is 6.91. The van der Waals surface area contributed by atoms with Crippen LogP contribution < -0.4 is 17.0 Å². The first-order valence-corrected chi connectivity index (χ1v) is 17.0. The van der Waals surface area contributed by atoms with Gasteiger partial charge in [-0.15, -0.1) is 0 Å². The van der Waals surface area contributed by atoms with Crippen molar-refractivity contribution in [2.45, 2.75) is 37.8 Å². The van der Waals surface area contributed by atoms with E-state index < -0.39 is 56.9 Å². The largest absolute Gasteiger partial charge is 0.387 e. The number of nitrogen functional groups attached to an aromatic ring is 2. The van der Waals surface area contributed by atoms with Gasteiger partial charge >= 0.3 is 13.5 Å². The Bertz CT molecular complexity index is 1800. The van der Waals surface area contributed by atoms with Crippen LogP contribution in [0.5, 0.6) is 0 Å². The first-order chi connectivity index (χ1) is 19.4. The van der Waals surface area contributed by atoms with Crippen molar-refractivity contribution in [3.05, 3.63) is 28.8 Å². The predicted molar refractivity (Wildman–Crippen MR) is 146 cm³/mol. The monoisotopic (exact) mass is 650 g/mol. The molecular formula is C18H21FN10O8P2S2. The van der Waals surface area contributed by atoms with Crippen LogP contribution in [0, 0.1) is 0 Å². The minimum atomic E-state index is -4.35. The van der Waals surface area contributed by atoms with E-state index in [0.717, 1.165) is 0 Å². The van der Waals surface area contributed by atoms with E-state index in [4.69, 9.17) is 46.1 Å². The van der Waals surface area contributed by atoms with Crippen molar-refractivity contribution < 1.29 is 36.7 Å². The number of halogens is 1. The topological polar surface area (TPSA) is 243 Å². The third-order valence-corrected chi connectivity index (χ3v) is 9.42. The Hall–Kier alpha value is -2.58. The molecule has 2 aliphatic rings. The lowest BCUT2D eigenvalue weighted by atomic mass is 10.1. The molecule has 2 aliphatic heterocycles. The number of hydrogen-bond donors (Lipinski definition) is 5. The molecule has 6 atom stereocenters. The van der Waals surface area contributed by atoms with Crippen LogP contribution in [0.25, 0.3) is 22.3 Å². The number of aromatic nitrogens is 8. The van der Waals surface area contributed by atoms with Crippen molar-refractivity contribution in [1.82, 2.24) is 39.0 Å². The van der Waals surface area contributed by atoms with Gasteiger partial charge < -0.3 is 34.7 Å². The van der Waals surface area contributed by atoms with Crippen molar-refractivity contribution >= 4 is 71.7 Å². The lowest BCUT2D eigenvalue weighted by Crippen LogP contribution is -2.31. The molecule has 1 fully saturated rings. The summed E-state index contributed by atoms with van der Waals surface area (Å²) in [5.74, 6) is -0.0692. The molecule has 1 saturated heterocycles. The summed E-state index contributed by atoms with van der Waals surface area (Å²) in [6.07, 6.45) is -3.83. The molecular weight excluding hydrogens is 629 g/mol. The molecule has 0 amide bonds. The molecule has 4 aromatic heterocycles. The maximum absolute atomic E-state index is 15.8. The molecule has 18 nitrogen and oxygen atoms in total. The summed E-state index contributed by atoms with van der Waals surface area (Å²) in [5, 5.41) is 0. The molecule has 0 radical (unpaired) electrons. The first kappa shape index (κ1) is 28.5. The number of nitrogens with two attached hydrogens (primary N) is 2. The van der Waals surface area contributed by atoms with Crippen molar-refractivity contribution in [3.8, 4) is 0 Å². The number of nitrogens with one attached hydrogen (secondary N) is 1. The number of alkyl halides is 1. The standard InChI is InChI=1S/C18H21FN10O8P2S2/c19-9-7-3-34-38(31,40)33-2-1-28-8(25-11-15(28)26-18(21)27-16(11)30)4-35-39(32,41)37-12(9)17(36-7)29-6-24-10-13(20)22-5-23-14(10)29/h5-7,9,12,17H,1-4H2,(H,31,40)(H,32,41)(H2,20,22,23)(H3,21,26,27,30)/t7-,9-,12-,17?,38?,39?/m1/s1. The molecule has 3 unspecified atom stereocenters. The normalized spacial score (nSPS) is 31.6.